The summed E-state index contributed by atoms with van der Waals surface area (Å²) >= 11 is 0. The third-order valence-corrected chi connectivity index (χ3v) is 6.71. The Labute approximate surface area is 210 Å². The number of fused-ring (bicyclic) bond motifs is 1. The van der Waals surface area contributed by atoms with E-state index in [9.17, 15) is 32.2 Å². The summed E-state index contributed by atoms with van der Waals surface area (Å²) in [6.07, 6.45) is 0.971. The molecule has 0 bridgehead atoms. The van der Waals surface area contributed by atoms with Gasteiger partial charge in [-0.1, -0.05) is 0 Å². The van der Waals surface area contributed by atoms with E-state index in [4.69, 9.17) is 9.15 Å². The molecule has 0 saturated heterocycles. The summed E-state index contributed by atoms with van der Waals surface area (Å²) in [6, 6.07) is 12.5. The molecule has 37 heavy (non-hydrogen) atoms. The number of nitrogens with zero attached hydrogens (tertiary/aromatic N) is 1. The van der Waals surface area contributed by atoms with Crippen LogP contribution in [-0.2, 0) is 10.0 Å². The SMILES string of the molecule is COc1cc2c(C(=O)O)c(-c3ccc(Nc4ccc(F)c(F)c4)cc3)oc2cc1N(CCO)S(C)(=O)=O. The van der Waals surface area contributed by atoms with Gasteiger partial charge in [0, 0.05) is 34.5 Å². The lowest BCUT2D eigenvalue weighted by Gasteiger charge is -2.23. The highest BCUT2D eigenvalue weighted by Crippen LogP contribution is 2.41. The molecule has 4 aromatic rings. The van der Waals surface area contributed by atoms with Crippen LogP contribution in [0.1, 0.15) is 10.4 Å². The number of carboxylic acid groups (broad SMARTS) is 1. The van der Waals surface area contributed by atoms with E-state index in [0.29, 0.717) is 16.9 Å². The number of hydrogen-bond donors (Lipinski definition) is 3. The zero-order chi connectivity index (χ0) is 26.9. The van der Waals surface area contributed by atoms with Crippen molar-refractivity contribution in [1.82, 2.24) is 0 Å². The number of rotatable bonds is 9. The van der Waals surface area contributed by atoms with Crippen LogP contribution in [0.4, 0.5) is 25.8 Å². The molecule has 12 heteroatoms. The van der Waals surface area contributed by atoms with Crippen molar-refractivity contribution in [1.29, 1.82) is 0 Å². The number of furan rings is 1. The standard InChI is InChI=1S/C25H22F2N2O7S/c1-35-22-12-17-21(13-20(22)29(9-10-30)37(2,33)34)36-24(23(17)25(31)32)14-3-5-15(6-4-14)28-16-7-8-18(26)19(27)11-16/h3-8,11-13,28,30H,9-10H2,1-2H3,(H,31,32). The van der Waals surface area contributed by atoms with Gasteiger partial charge in [0.15, 0.2) is 11.6 Å². The molecule has 194 valence electrons. The Balaban J connectivity index is 1.78. The lowest BCUT2D eigenvalue weighted by atomic mass is 10.0. The van der Waals surface area contributed by atoms with Gasteiger partial charge in [-0.05, 0) is 42.5 Å². The predicted octanol–water partition coefficient (Wildman–Crippen LogP) is 4.59. The Bertz CT molecular complexity index is 1590. The maximum atomic E-state index is 13.5. The molecule has 1 heterocycles. The predicted molar refractivity (Wildman–Crippen MR) is 134 cm³/mol. The van der Waals surface area contributed by atoms with Crippen molar-refractivity contribution in [2.45, 2.75) is 0 Å². The number of aromatic carboxylic acids is 1. The minimum Gasteiger partial charge on any atom is -0.495 e. The number of anilines is 3. The van der Waals surface area contributed by atoms with E-state index in [2.05, 4.69) is 5.32 Å². The van der Waals surface area contributed by atoms with Crippen LogP contribution < -0.4 is 14.4 Å². The quantitative estimate of drug-likeness (QED) is 0.286. The van der Waals surface area contributed by atoms with E-state index < -0.39 is 34.2 Å². The number of aliphatic hydroxyl groups excluding tert-OH is 1. The summed E-state index contributed by atoms with van der Waals surface area (Å²) in [5.74, 6) is -3.15. The van der Waals surface area contributed by atoms with E-state index in [-0.39, 0.29) is 40.3 Å². The zero-order valence-corrected chi connectivity index (χ0v) is 20.5. The molecule has 0 fully saturated rings. The molecule has 0 atom stereocenters. The molecule has 0 amide bonds. The number of sulfonamides is 1. The average molecular weight is 533 g/mol. The van der Waals surface area contributed by atoms with E-state index in [1.807, 2.05) is 0 Å². The molecule has 0 unspecified atom stereocenters. The Morgan fingerprint density at radius 3 is 2.30 bits per heavy atom. The van der Waals surface area contributed by atoms with Crippen LogP contribution in [0, 0.1) is 11.6 Å². The highest BCUT2D eigenvalue weighted by Gasteiger charge is 2.27. The highest BCUT2D eigenvalue weighted by atomic mass is 32.2. The topological polar surface area (TPSA) is 129 Å². The molecule has 3 aromatic carbocycles. The smallest absolute Gasteiger partial charge is 0.340 e. The monoisotopic (exact) mass is 532 g/mol. The minimum atomic E-state index is -3.80. The van der Waals surface area contributed by atoms with Crippen LogP contribution in [0.15, 0.2) is 59.0 Å². The van der Waals surface area contributed by atoms with Crippen LogP contribution in [0.5, 0.6) is 5.75 Å². The summed E-state index contributed by atoms with van der Waals surface area (Å²) in [6.45, 7) is -0.699. The second kappa shape index (κ2) is 10.1. The van der Waals surface area contributed by atoms with Crippen molar-refractivity contribution in [2.24, 2.45) is 0 Å². The van der Waals surface area contributed by atoms with Crippen LogP contribution in [0.3, 0.4) is 0 Å². The van der Waals surface area contributed by atoms with E-state index in [1.54, 1.807) is 24.3 Å². The van der Waals surface area contributed by atoms with Crippen molar-refractivity contribution < 1.29 is 41.4 Å². The molecule has 3 N–H and O–H groups in total. The van der Waals surface area contributed by atoms with Crippen molar-refractivity contribution in [3.8, 4) is 17.1 Å². The van der Waals surface area contributed by atoms with Crippen molar-refractivity contribution in [3.05, 3.63) is 71.8 Å². The summed E-state index contributed by atoms with van der Waals surface area (Å²) in [5, 5.41) is 22.4. The van der Waals surface area contributed by atoms with Gasteiger partial charge in [-0.2, -0.15) is 0 Å². The maximum Gasteiger partial charge on any atom is 0.340 e. The Morgan fingerprint density at radius 1 is 1.05 bits per heavy atom. The van der Waals surface area contributed by atoms with Gasteiger partial charge in [0.05, 0.1) is 32.2 Å². The molecule has 0 radical (unpaired) electrons. The van der Waals surface area contributed by atoms with E-state index >= 15 is 0 Å². The molecule has 0 aliphatic carbocycles. The fraction of sp³-hybridized carbons (Fsp3) is 0.160. The third kappa shape index (κ3) is 5.20. The van der Waals surface area contributed by atoms with E-state index in [1.165, 1.54) is 25.3 Å². The molecule has 9 nitrogen and oxygen atoms in total. The first-order valence-corrected chi connectivity index (χ1v) is 12.7. The molecular weight excluding hydrogens is 510 g/mol. The van der Waals surface area contributed by atoms with Crippen LogP contribution in [0.25, 0.3) is 22.3 Å². The van der Waals surface area contributed by atoms with Gasteiger partial charge < -0.3 is 24.7 Å². The Morgan fingerprint density at radius 2 is 1.73 bits per heavy atom. The number of halogens is 2. The van der Waals surface area contributed by atoms with Crippen molar-refractivity contribution >= 4 is 44.0 Å². The van der Waals surface area contributed by atoms with Gasteiger partial charge in [0.25, 0.3) is 0 Å². The first-order valence-electron chi connectivity index (χ1n) is 10.8. The average Bonchev–Trinajstić information content (AvgIpc) is 3.22. The van der Waals surface area contributed by atoms with Gasteiger partial charge in [0.1, 0.15) is 22.7 Å². The highest BCUT2D eigenvalue weighted by molar-refractivity contribution is 7.92. The van der Waals surface area contributed by atoms with E-state index in [0.717, 1.165) is 22.7 Å². The summed E-state index contributed by atoms with van der Waals surface area (Å²) in [4.78, 5) is 12.2. The molecular formula is C25H22F2N2O7S. The van der Waals surface area contributed by atoms with Gasteiger partial charge in [-0.3, -0.25) is 4.31 Å². The van der Waals surface area contributed by atoms with Crippen LogP contribution >= 0.6 is 0 Å². The first-order chi connectivity index (χ1) is 17.5. The van der Waals surface area contributed by atoms with Crippen molar-refractivity contribution in [3.63, 3.8) is 0 Å². The molecule has 4 rings (SSSR count). The summed E-state index contributed by atoms with van der Waals surface area (Å²) in [7, 11) is -2.50. The largest absolute Gasteiger partial charge is 0.495 e. The zero-order valence-electron chi connectivity index (χ0n) is 19.7. The summed E-state index contributed by atoms with van der Waals surface area (Å²) < 4.78 is 63.4. The third-order valence-electron chi connectivity index (χ3n) is 5.53. The lowest BCUT2D eigenvalue weighted by molar-refractivity contribution is 0.0699. The number of hydrogen-bond acceptors (Lipinski definition) is 7. The summed E-state index contributed by atoms with van der Waals surface area (Å²) in [5.41, 5.74) is 1.27. The van der Waals surface area contributed by atoms with Crippen LogP contribution in [-0.4, -0.2) is 51.1 Å². The molecule has 0 aliphatic rings. The number of aliphatic hydroxyl groups is 1. The number of ether oxygens (including phenoxy) is 1. The molecule has 0 aliphatic heterocycles. The number of carbonyl (C=O) groups is 1. The van der Waals surface area contributed by atoms with Crippen LogP contribution in [0.2, 0.25) is 0 Å². The second-order valence-corrected chi connectivity index (χ2v) is 9.93. The molecule has 0 spiro atoms. The number of benzene rings is 3. The Kier molecular flexibility index (Phi) is 7.05. The Hall–Kier alpha value is -4.16. The second-order valence-electron chi connectivity index (χ2n) is 8.02. The molecule has 1 aromatic heterocycles. The number of nitrogens with one attached hydrogen (secondary N) is 1. The number of methoxy groups -OCH3 is 1. The maximum absolute atomic E-state index is 13.5. The van der Waals surface area contributed by atoms with Crippen molar-refractivity contribution in [2.75, 3.05) is 36.1 Å². The van der Waals surface area contributed by atoms with Gasteiger partial charge in [-0.25, -0.2) is 22.0 Å². The molecule has 0 saturated carbocycles. The number of carboxylic acids is 1. The minimum absolute atomic E-state index is 0.0224. The fourth-order valence-corrected chi connectivity index (χ4v) is 4.80. The normalized spacial score (nSPS) is 11.5. The first kappa shape index (κ1) is 25.9. The lowest BCUT2D eigenvalue weighted by Crippen LogP contribution is -2.32. The van der Waals surface area contributed by atoms with Gasteiger partial charge in [-0.15, -0.1) is 0 Å². The van der Waals surface area contributed by atoms with Gasteiger partial charge in [0.2, 0.25) is 10.0 Å². The van der Waals surface area contributed by atoms with Gasteiger partial charge >= 0.3 is 5.97 Å². The fourth-order valence-electron chi connectivity index (χ4n) is 3.89.